The second-order valence-electron chi connectivity index (χ2n) is 2.68. The summed E-state index contributed by atoms with van der Waals surface area (Å²) in [6, 6.07) is 6.06. The van der Waals surface area contributed by atoms with Crippen molar-refractivity contribution < 1.29 is 17.7 Å². The maximum Gasteiger partial charge on any atom is 0.536 e. The number of hydrogen-bond acceptors (Lipinski definition) is 3. The molecule has 1 rings (SSSR count). The molecule has 0 amide bonds. The second kappa shape index (κ2) is 4.65. The van der Waals surface area contributed by atoms with Crippen LogP contribution in [0, 0.1) is 5.82 Å². The van der Waals surface area contributed by atoms with Crippen molar-refractivity contribution in [3.63, 3.8) is 0 Å². The van der Waals surface area contributed by atoms with Crippen molar-refractivity contribution in [2.24, 2.45) is 0 Å². The lowest BCUT2D eigenvalue weighted by Gasteiger charge is -2.24. The summed E-state index contributed by atoms with van der Waals surface area (Å²) >= 11 is 0. The molecular weight excluding hydrogens is 203 g/mol. The summed E-state index contributed by atoms with van der Waals surface area (Å²) in [6.07, 6.45) is 0. The Morgan fingerprint density at radius 2 is 1.64 bits per heavy atom. The van der Waals surface area contributed by atoms with Crippen molar-refractivity contribution >= 4 is 14.0 Å². The lowest BCUT2D eigenvalue weighted by atomic mass is 10.3. The van der Waals surface area contributed by atoms with Crippen LogP contribution in [0.25, 0.3) is 0 Å². The van der Waals surface area contributed by atoms with E-state index in [0.717, 1.165) is 0 Å². The third-order valence-corrected chi connectivity index (χ3v) is 4.61. The van der Waals surface area contributed by atoms with Crippen molar-refractivity contribution in [2.75, 3.05) is 21.3 Å². The average Bonchev–Trinajstić information content (AvgIpc) is 2.22. The molecule has 0 saturated heterocycles. The highest BCUT2D eigenvalue weighted by Crippen LogP contribution is 2.07. The van der Waals surface area contributed by atoms with Crippen molar-refractivity contribution in [3.05, 3.63) is 30.1 Å². The van der Waals surface area contributed by atoms with E-state index in [2.05, 4.69) is 0 Å². The highest BCUT2D eigenvalue weighted by molar-refractivity contribution is 6.75. The van der Waals surface area contributed by atoms with Gasteiger partial charge >= 0.3 is 8.80 Å². The molecule has 0 unspecified atom stereocenters. The van der Waals surface area contributed by atoms with Gasteiger partial charge in [0.05, 0.1) is 0 Å². The predicted molar refractivity (Wildman–Crippen MR) is 52.8 cm³/mol. The summed E-state index contributed by atoms with van der Waals surface area (Å²) in [6.45, 7) is 0. The van der Waals surface area contributed by atoms with Crippen molar-refractivity contribution in [2.45, 2.75) is 0 Å². The molecule has 0 saturated carbocycles. The summed E-state index contributed by atoms with van der Waals surface area (Å²) in [4.78, 5) is 0. The molecule has 0 fully saturated rings. The number of halogens is 1. The Bertz CT molecular complexity index is 294. The van der Waals surface area contributed by atoms with Gasteiger partial charge in [-0.25, -0.2) is 4.39 Å². The van der Waals surface area contributed by atoms with Crippen LogP contribution in [-0.4, -0.2) is 30.1 Å². The Morgan fingerprint density at radius 3 is 2.07 bits per heavy atom. The molecule has 0 atom stereocenters. The standard InChI is InChI=1S/C9H13FO3Si/c1-11-14(12-2,13-3)9-6-4-5-8(10)7-9/h4-7H,1-3H3. The quantitative estimate of drug-likeness (QED) is 0.700. The molecule has 3 nitrogen and oxygen atoms in total. The molecule has 0 aliphatic rings. The minimum atomic E-state index is -2.86. The van der Waals surface area contributed by atoms with E-state index in [1.165, 1.54) is 33.5 Å². The van der Waals surface area contributed by atoms with Gasteiger partial charge in [-0.15, -0.1) is 0 Å². The fraction of sp³-hybridized carbons (Fsp3) is 0.333. The van der Waals surface area contributed by atoms with Crippen LogP contribution >= 0.6 is 0 Å². The molecule has 78 valence electrons. The molecule has 0 radical (unpaired) electrons. The highest BCUT2D eigenvalue weighted by atomic mass is 28.4. The van der Waals surface area contributed by atoms with E-state index in [1.54, 1.807) is 12.1 Å². The van der Waals surface area contributed by atoms with E-state index < -0.39 is 8.80 Å². The first-order chi connectivity index (χ1) is 6.68. The fourth-order valence-electron chi connectivity index (χ4n) is 1.28. The minimum Gasteiger partial charge on any atom is -0.373 e. The fourth-order valence-corrected chi connectivity index (χ4v) is 3.10. The number of benzene rings is 1. The van der Waals surface area contributed by atoms with Gasteiger partial charge in [0.2, 0.25) is 0 Å². The summed E-state index contributed by atoms with van der Waals surface area (Å²) < 4.78 is 28.6. The van der Waals surface area contributed by atoms with Gasteiger partial charge in [-0.3, -0.25) is 0 Å². The molecule has 0 spiro atoms. The summed E-state index contributed by atoms with van der Waals surface area (Å²) in [5.41, 5.74) is 0. The Kier molecular flexibility index (Phi) is 3.76. The van der Waals surface area contributed by atoms with E-state index in [4.69, 9.17) is 13.3 Å². The Labute approximate surface area is 83.8 Å². The van der Waals surface area contributed by atoms with Crippen molar-refractivity contribution in [3.8, 4) is 0 Å². The molecule has 0 aromatic heterocycles. The zero-order valence-electron chi connectivity index (χ0n) is 8.41. The van der Waals surface area contributed by atoms with E-state index >= 15 is 0 Å². The van der Waals surface area contributed by atoms with E-state index in [9.17, 15) is 4.39 Å². The zero-order chi connectivity index (χ0) is 10.6. The van der Waals surface area contributed by atoms with Crippen molar-refractivity contribution in [1.29, 1.82) is 0 Å². The molecule has 1 aromatic carbocycles. The highest BCUT2D eigenvalue weighted by Gasteiger charge is 2.40. The van der Waals surface area contributed by atoms with Crippen LogP contribution in [0.4, 0.5) is 4.39 Å². The molecule has 14 heavy (non-hydrogen) atoms. The normalized spacial score (nSPS) is 11.7. The van der Waals surface area contributed by atoms with Crippen LogP contribution in [-0.2, 0) is 13.3 Å². The Balaban J connectivity index is 3.10. The van der Waals surface area contributed by atoms with Crippen LogP contribution < -0.4 is 5.19 Å². The summed E-state index contributed by atoms with van der Waals surface area (Å²) in [5, 5.41) is 0.616. The summed E-state index contributed by atoms with van der Waals surface area (Å²) in [5.74, 6) is -0.328. The maximum absolute atomic E-state index is 13.0. The smallest absolute Gasteiger partial charge is 0.373 e. The third kappa shape index (κ3) is 2.01. The topological polar surface area (TPSA) is 27.7 Å². The van der Waals surface area contributed by atoms with Gasteiger partial charge in [0.25, 0.3) is 0 Å². The lowest BCUT2D eigenvalue weighted by Crippen LogP contribution is -2.54. The van der Waals surface area contributed by atoms with Crippen LogP contribution in [0.15, 0.2) is 24.3 Å². The molecule has 0 heterocycles. The molecule has 0 aliphatic heterocycles. The van der Waals surface area contributed by atoms with Gasteiger partial charge in [0, 0.05) is 26.5 Å². The van der Waals surface area contributed by atoms with Gasteiger partial charge < -0.3 is 13.3 Å². The SMILES string of the molecule is CO[Si](OC)(OC)c1cccc(F)c1. The van der Waals surface area contributed by atoms with Crippen LogP contribution in [0.5, 0.6) is 0 Å². The van der Waals surface area contributed by atoms with Crippen LogP contribution in [0.2, 0.25) is 0 Å². The zero-order valence-corrected chi connectivity index (χ0v) is 9.41. The molecule has 1 aromatic rings. The Hall–Kier alpha value is -0.753. The average molecular weight is 216 g/mol. The van der Waals surface area contributed by atoms with Gasteiger partial charge in [0.1, 0.15) is 5.82 Å². The lowest BCUT2D eigenvalue weighted by molar-refractivity contribution is 0.140. The third-order valence-electron chi connectivity index (χ3n) is 1.98. The van der Waals surface area contributed by atoms with E-state index in [0.29, 0.717) is 5.19 Å². The largest absolute Gasteiger partial charge is 0.536 e. The molecule has 0 bridgehead atoms. The Morgan fingerprint density at radius 1 is 1.07 bits per heavy atom. The monoisotopic (exact) mass is 216 g/mol. The van der Waals surface area contributed by atoms with E-state index in [-0.39, 0.29) is 5.82 Å². The second-order valence-corrected chi connectivity index (χ2v) is 5.59. The first kappa shape index (κ1) is 11.3. The molecule has 0 aliphatic carbocycles. The molecule has 5 heteroatoms. The van der Waals surface area contributed by atoms with Gasteiger partial charge in [-0.1, -0.05) is 12.1 Å². The molecular formula is C9H13FO3Si. The number of rotatable bonds is 4. The van der Waals surface area contributed by atoms with Crippen LogP contribution in [0.3, 0.4) is 0 Å². The van der Waals surface area contributed by atoms with Crippen molar-refractivity contribution in [1.82, 2.24) is 0 Å². The van der Waals surface area contributed by atoms with Gasteiger partial charge in [-0.05, 0) is 12.1 Å². The maximum atomic E-state index is 13.0. The number of hydrogen-bond donors (Lipinski definition) is 0. The minimum absolute atomic E-state index is 0.328. The van der Waals surface area contributed by atoms with Gasteiger partial charge in [0.15, 0.2) is 0 Å². The predicted octanol–water partition coefficient (Wildman–Crippen LogP) is 0.911. The van der Waals surface area contributed by atoms with Crippen LogP contribution in [0.1, 0.15) is 0 Å². The first-order valence-corrected chi connectivity index (χ1v) is 5.82. The summed E-state index contributed by atoms with van der Waals surface area (Å²) in [7, 11) is 1.61. The first-order valence-electron chi connectivity index (χ1n) is 4.10. The van der Waals surface area contributed by atoms with Gasteiger partial charge in [-0.2, -0.15) is 0 Å². The van der Waals surface area contributed by atoms with E-state index in [1.807, 2.05) is 0 Å². The molecule has 0 N–H and O–H groups in total.